The Labute approximate surface area is 170 Å². The predicted molar refractivity (Wildman–Crippen MR) is 105 cm³/mol. The molecule has 0 atom stereocenters. The average Bonchev–Trinajstić information content (AvgIpc) is 2.73. The van der Waals surface area contributed by atoms with Gasteiger partial charge in [0, 0.05) is 24.0 Å². The first-order valence-electron chi connectivity index (χ1n) is 8.92. The van der Waals surface area contributed by atoms with Crippen LogP contribution in [0.3, 0.4) is 0 Å². The number of benzene rings is 2. The minimum absolute atomic E-state index is 0.145. The fourth-order valence-electron chi connectivity index (χ4n) is 2.68. The SMILES string of the molecule is O=C(NCCO)c1cccc(-c2ccnc(Nc3ccc(OC(F)(F)F)cc3)c2)c1. The third-order valence-corrected chi connectivity index (χ3v) is 3.98. The number of anilines is 2. The van der Waals surface area contributed by atoms with Gasteiger partial charge in [-0.2, -0.15) is 0 Å². The summed E-state index contributed by atoms with van der Waals surface area (Å²) in [6.07, 6.45) is -3.16. The Morgan fingerprint density at radius 3 is 2.47 bits per heavy atom. The fourth-order valence-corrected chi connectivity index (χ4v) is 2.68. The van der Waals surface area contributed by atoms with E-state index in [1.165, 1.54) is 24.3 Å². The van der Waals surface area contributed by atoms with Crippen LogP contribution in [0.1, 0.15) is 10.4 Å². The quantitative estimate of drug-likeness (QED) is 0.539. The van der Waals surface area contributed by atoms with Crippen LogP contribution in [0.2, 0.25) is 0 Å². The van der Waals surface area contributed by atoms with Crippen LogP contribution in [0, 0.1) is 0 Å². The van der Waals surface area contributed by atoms with Gasteiger partial charge in [0.15, 0.2) is 0 Å². The van der Waals surface area contributed by atoms with Gasteiger partial charge in [-0.25, -0.2) is 4.98 Å². The van der Waals surface area contributed by atoms with E-state index in [4.69, 9.17) is 5.11 Å². The topological polar surface area (TPSA) is 83.5 Å². The summed E-state index contributed by atoms with van der Waals surface area (Å²) in [5.41, 5.74) is 2.56. The molecule has 9 heteroatoms. The monoisotopic (exact) mass is 417 g/mol. The number of pyridine rings is 1. The number of nitrogens with zero attached hydrogens (tertiary/aromatic N) is 1. The number of hydrogen-bond acceptors (Lipinski definition) is 5. The maximum atomic E-state index is 12.2. The number of hydrogen-bond donors (Lipinski definition) is 3. The highest BCUT2D eigenvalue weighted by atomic mass is 19.4. The number of halogens is 3. The Morgan fingerprint density at radius 2 is 1.77 bits per heavy atom. The van der Waals surface area contributed by atoms with Crippen molar-refractivity contribution in [2.75, 3.05) is 18.5 Å². The number of amides is 1. The molecule has 1 heterocycles. The van der Waals surface area contributed by atoms with E-state index in [9.17, 15) is 18.0 Å². The molecule has 0 bridgehead atoms. The van der Waals surface area contributed by atoms with Gasteiger partial charge in [-0.3, -0.25) is 4.79 Å². The number of carbonyl (C=O) groups excluding carboxylic acids is 1. The Morgan fingerprint density at radius 1 is 1.03 bits per heavy atom. The molecule has 3 N–H and O–H groups in total. The summed E-state index contributed by atoms with van der Waals surface area (Å²) in [5, 5.41) is 14.4. The molecule has 30 heavy (non-hydrogen) atoms. The third kappa shape index (κ3) is 5.95. The zero-order valence-electron chi connectivity index (χ0n) is 15.6. The molecule has 3 aromatic rings. The first-order valence-corrected chi connectivity index (χ1v) is 8.92. The minimum atomic E-state index is -4.74. The van der Waals surface area contributed by atoms with E-state index in [0.29, 0.717) is 17.1 Å². The minimum Gasteiger partial charge on any atom is -0.406 e. The molecule has 0 aliphatic heterocycles. The summed E-state index contributed by atoms with van der Waals surface area (Å²) in [6.45, 7) is 0.0211. The molecule has 0 saturated heterocycles. The van der Waals surface area contributed by atoms with Gasteiger partial charge >= 0.3 is 6.36 Å². The molecular weight excluding hydrogens is 399 g/mol. The lowest BCUT2D eigenvalue weighted by Crippen LogP contribution is -2.26. The Kier molecular flexibility index (Phi) is 6.53. The summed E-state index contributed by atoms with van der Waals surface area (Å²) in [7, 11) is 0. The lowest BCUT2D eigenvalue weighted by molar-refractivity contribution is -0.274. The number of rotatable bonds is 7. The van der Waals surface area contributed by atoms with Crippen LogP contribution in [-0.4, -0.2) is 35.5 Å². The van der Waals surface area contributed by atoms with Crippen LogP contribution >= 0.6 is 0 Å². The maximum absolute atomic E-state index is 12.2. The van der Waals surface area contributed by atoms with Gasteiger partial charge in [0.2, 0.25) is 0 Å². The van der Waals surface area contributed by atoms with Crippen LogP contribution in [0.25, 0.3) is 11.1 Å². The zero-order chi connectivity index (χ0) is 21.6. The van der Waals surface area contributed by atoms with Gasteiger partial charge in [0.05, 0.1) is 6.61 Å². The lowest BCUT2D eigenvalue weighted by Gasteiger charge is -2.11. The van der Waals surface area contributed by atoms with Crippen molar-refractivity contribution in [3.8, 4) is 16.9 Å². The Hall–Kier alpha value is -3.59. The van der Waals surface area contributed by atoms with Crippen molar-refractivity contribution < 1.29 is 27.8 Å². The van der Waals surface area contributed by atoms with Crippen LogP contribution < -0.4 is 15.4 Å². The number of aliphatic hydroxyl groups excluding tert-OH is 1. The van der Waals surface area contributed by atoms with E-state index in [2.05, 4.69) is 20.4 Å². The number of aliphatic hydroxyl groups is 1. The highest BCUT2D eigenvalue weighted by Gasteiger charge is 2.30. The van der Waals surface area contributed by atoms with Crippen molar-refractivity contribution in [1.29, 1.82) is 0 Å². The van der Waals surface area contributed by atoms with Crippen molar-refractivity contribution in [3.05, 3.63) is 72.4 Å². The van der Waals surface area contributed by atoms with E-state index >= 15 is 0 Å². The molecule has 0 spiro atoms. The van der Waals surface area contributed by atoms with Crippen LogP contribution in [0.15, 0.2) is 66.9 Å². The first kappa shape index (κ1) is 21.1. The molecular formula is C21H18F3N3O3. The van der Waals surface area contributed by atoms with E-state index < -0.39 is 6.36 Å². The zero-order valence-corrected chi connectivity index (χ0v) is 15.6. The molecule has 3 rings (SSSR count). The first-order chi connectivity index (χ1) is 14.3. The summed E-state index contributed by atoms with van der Waals surface area (Å²) in [4.78, 5) is 16.3. The molecule has 0 fully saturated rings. The molecule has 1 amide bonds. The highest BCUT2D eigenvalue weighted by molar-refractivity contribution is 5.95. The Balaban J connectivity index is 1.74. The maximum Gasteiger partial charge on any atom is 0.573 e. The second-order valence-electron chi connectivity index (χ2n) is 6.19. The van der Waals surface area contributed by atoms with Crippen LogP contribution in [0.5, 0.6) is 5.75 Å². The van der Waals surface area contributed by atoms with Gasteiger partial charge in [-0.15, -0.1) is 13.2 Å². The summed E-state index contributed by atoms with van der Waals surface area (Å²) >= 11 is 0. The van der Waals surface area contributed by atoms with Gasteiger partial charge in [-0.1, -0.05) is 12.1 Å². The van der Waals surface area contributed by atoms with Crippen molar-refractivity contribution in [3.63, 3.8) is 0 Å². The van der Waals surface area contributed by atoms with Gasteiger partial charge in [0.25, 0.3) is 5.91 Å². The van der Waals surface area contributed by atoms with Gasteiger partial charge < -0.3 is 20.5 Å². The summed E-state index contributed by atoms with van der Waals surface area (Å²) in [5.74, 6) is -0.127. The standard InChI is InChI=1S/C21H18F3N3O3/c22-21(23,24)30-18-6-4-17(5-7-18)27-19-13-15(8-9-25-19)14-2-1-3-16(12-14)20(29)26-10-11-28/h1-9,12-13,28H,10-11H2,(H,25,27)(H,26,29). The molecule has 0 aliphatic rings. The smallest absolute Gasteiger partial charge is 0.406 e. The molecule has 0 radical (unpaired) electrons. The third-order valence-electron chi connectivity index (χ3n) is 3.98. The van der Waals surface area contributed by atoms with Gasteiger partial charge in [0.1, 0.15) is 11.6 Å². The van der Waals surface area contributed by atoms with Crippen LogP contribution in [-0.2, 0) is 0 Å². The number of carbonyl (C=O) groups is 1. The molecule has 0 unspecified atom stereocenters. The average molecular weight is 417 g/mol. The fraction of sp³-hybridized carbons (Fsp3) is 0.143. The molecule has 156 valence electrons. The van der Waals surface area contributed by atoms with E-state index in [-0.39, 0.29) is 24.8 Å². The summed E-state index contributed by atoms with van der Waals surface area (Å²) < 4.78 is 40.6. The van der Waals surface area contributed by atoms with Crippen molar-refractivity contribution in [2.45, 2.75) is 6.36 Å². The number of nitrogens with one attached hydrogen (secondary N) is 2. The number of alkyl halides is 3. The molecule has 0 saturated carbocycles. The largest absolute Gasteiger partial charge is 0.573 e. The molecule has 0 aliphatic carbocycles. The number of ether oxygens (including phenoxy) is 1. The molecule has 2 aromatic carbocycles. The highest BCUT2D eigenvalue weighted by Crippen LogP contribution is 2.27. The van der Waals surface area contributed by atoms with E-state index in [0.717, 1.165) is 11.1 Å². The van der Waals surface area contributed by atoms with Crippen molar-refractivity contribution >= 4 is 17.4 Å². The second-order valence-corrected chi connectivity index (χ2v) is 6.19. The van der Waals surface area contributed by atoms with Crippen LogP contribution in [0.4, 0.5) is 24.7 Å². The lowest BCUT2D eigenvalue weighted by atomic mass is 10.0. The van der Waals surface area contributed by atoms with E-state index in [1.54, 1.807) is 36.5 Å². The molecule has 1 aromatic heterocycles. The molecule has 6 nitrogen and oxygen atoms in total. The normalized spacial score (nSPS) is 11.1. The number of aromatic nitrogens is 1. The Bertz CT molecular complexity index is 1010. The second kappa shape index (κ2) is 9.27. The summed E-state index contributed by atoms with van der Waals surface area (Å²) in [6, 6.07) is 15.8. The van der Waals surface area contributed by atoms with Gasteiger partial charge in [-0.05, 0) is 59.7 Å². The van der Waals surface area contributed by atoms with Crippen molar-refractivity contribution in [2.24, 2.45) is 0 Å². The predicted octanol–water partition coefficient (Wildman–Crippen LogP) is 4.11. The van der Waals surface area contributed by atoms with E-state index in [1.807, 2.05) is 6.07 Å². The van der Waals surface area contributed by atoms with Crippen molar-refractivity contribution in [1.82, 2.24) is 10.3 Å².